The molecule has 2 aliphatic rings. The molecule has 2 aliphatic heterocycles. The molecule has 2 atom stereocenters. The zero-order valence-electron chi connectivity index (χ0n) is 14.6. The van der Waals surface area contributed by atoms with E-state index in [1.807, 2.05) is 55.5 Å². The van der Waals surface area contributed by atoms with E-state index in [9.17, 15) is 0 Å². The fourth-order valence-electron chi connectivity index (χ4n) is 3.57. The molecule has 4 heterocycles. The topological polar surface area (TPSA) is 59.8 Å². The molecule has 0 aliphatic carbocycles. The summed E-state index contributed by atoms with van der Waals surface area (Å²) < 4.78 is 17.0. The van der Waals surface area contributed by atoms with Gasteiger partial charge in [0.25, 0.3) is 0 Å². The van der Waals surface area contributed by atoms with E-state index in [1.165, 1.54) is 0 Å². The largest absolute Gasteiger partial charge is 0.464 e. The van der Waals surface area contributed by atoms with Gasteiger partial charge in [-0.2, -0.15) is 0 Å². The van der Waals surface area contributed by atoms with Gasteiger partial charge in [0, 0.05) is 18.0 Å². The normalized spacial score (nSPS) is 20.8. The standard InChI is InChI=1S/C20H17N3O3S/c1-12-5-7-16(26-12)19-18(14-4-2-3-9-21-14)22-20(27)23(19)13-6-8-15-17(10-13)25-11-24-15/h2-10,18-19H,11H2,1H3,(H,22,27)/t18-,19+/m1/s1. The summed E-state index contributed by atoms with van der Waals surface area (Å²) in [5, 5.41) is 4.02. The number of hydrogen-bond donors (Lipinski definition) is 1. The van der Waals surface area contributed by atoms with Gasteiger partial charge in [-0.3, -0.25) is 4.98 Å². The first-order valence-electron chi connectivity index (χ1n) is 8.67. The van der Waals surface area contributed by atoms with Gasteiger partial charge in [0.15, 0.2) is 16.6 Å². The van der Waals surface area contributed by atoms with Crippen molar-refractivity contribution in [2.45, 2.75) is 19.0 Å². The Hall–Kier alpha value is -3.06. The van der Waals surface area contributed by atoms with E-state index >= 15 is 0 Å². The number of aryl methyl sites for hydroxylation is 1. The van der Waals surface area contributed by atoms with Gasteiger partial charge < -0.3 is 24.1 Å². The molecule has 6 nitrogen and oxygen atoms in total. The molecule has 0 unspecified atom stereocenters. The fourth-order valence-corrected chi connectivity index (χ4v) is 3.92. The second-order valence-electron chi connectivity index (χ2n) is 6.48. The van der Waals surface area contributed by atoms with Crippen molar-refractivity contribution >= 4 is 23.0 Å². The van der Waals surface area contributed by atoms with E-state index in [2.05, 4.69) is 15.2 Å². The molecule has 7 heteroatoms. The predicted molar refractivity (Wildman–Crippen MR) is 104 cm³/mol. The highest BCUT2D eigenvalue weighted by molar-refractivity contribution is 7.80. The van der Waals surface area contributed by atoms with Gasteiger partial charge in [0.05, 0.1) is 11.7 Å². The van der Waals surface area contributed by atoms with Crippen molar-refractivity contribution in [1.29, 1.82) is 0 Å². The van der Waals surface area contributed by atoms with E-state index < -0.39 is 0 Å². The number of nitrogens with one attached hydrogen (secondary N) is 1. The summed E-state index contributed by atoms with van der Waals surface area (Å²) in [6.45, 7) is 2.17. The quantitative estimate of drug-likeness (QED) is 0.693. The van der Waals surface area contributed by atoms with Crippen molar-refractivity contribution in [3.05, 3.63) is 71.9 Å². The van der Waals surface area contributed by atoms with Crippen molar-refractivity contribution in [2.24, 2.45) is 0 Å². The number of ether oxygens (including phenoxy) is 2. The molecule has 3 aromatic rings. The first-order valence-corrected chi connectivity index (χ1v) is 9.08. The summed E-state index contributed by atoms with van der Waals surface area (Å²) >= 11 is 5.68. The Bertz CT molecular complexity index is 1000. The SMILES string of the molecule is Cc1ccc([C@H]2[C@@H](c3ccccn3)NC(=S)N2c2ccc3c(c2)OCO3)o1. The third-order valence-electron chi connectivity index (χ3n) is 4.79. The molecule has 5 rings (SSSR count). The van der Waals surface area contributed by atoms with Crippen LogP contribution in [-0.4, -0.2) is 16.9 Å². The first-order chi connectivity index (χ1) is 13.2. The number of anilines is 1. The van der Waals surface area contributed by atoms with Gasteiger partial charge >= 0.3 is 0 Å². The summed E-state index contributed by atoms with van der Waals surface area (Å²) in [5.74, 6) is 3.14. The highest BCUT2D eigenvalue weighted by Crippen LogP contribution is 2.44. The lowest BCUT2D eigenvalue weighted by atomic mass is 10.0. The van der Waals surface area contributed by atoms with Crippen LogP contribution in [0.15, 0.2) is 59.1 Å². The molecule has 1 aromatic carbocycles. The second kappa shape index (κ2) is 6.28. The molecular weight excluding hydrogens is 362 g/mol. The smallest absolute Gasteiger partial charge is 0.231 e. The van der Waals surface area contributed by atoms with Gasteiger partial charge in [-0.25, -0.2) is 0 Å². The Morgan fingerprint density at radius 2 is 2.00 bits per heavy atom. The van der Waals surface area contributed by atoms with E-state index in [0.29, 0.717) is 10.9 Å². The van der Waals surface area contributed by atoms with Crippen LogP contribution in [0.4, 0.5) is 5.69 Å². The molecule has 0 amide bonds. The van der Waals surface area contributed by atoms with E-state index in [4.69, 9.17) is 26.1 Å². The molecule has 27 heavy (non-hydrogen) atoms. The van der Waals surface area contributed by atoms with Gasteiger partial charge in [-0.05, 0) is 55.5 Å². The molecule has 136 valence electrons. The minimum absolute atomic E-state index is 0.130. The number of aromatic nitrogens is 1. The average Bonchev–Trinajstić information content (AvgIpc) is 3.39. The number of furan rings is 1. The van der Waals surface area contributed by atoms with E-state index in [-0.39, 0.29) is 18.9 Å². The monoisotopic (exact) mass is 379 g/mol. The van der Waals surface area contributed by atoms with Crippen molar-refractivity contribution in [1.82, 2.24) is 10.3 Å². The van der Waals surface area contributed by atoms with Crippen LogP contribution in [0.5, 0.6) is 11.5 Å². The predicted octanol–water partition coefficient (Wildman–Crippen LogP) is 3.89. The van der Waals surface area contributed by atoms with Crippen LogP contribution < -0.4 is 19.7 Å². The second-order valence-corrected chi connectivity index (χ2v) is 6.87. The zero-order valence-corrected chi connectivity index (χ0v) is 15.4. The number of benzene rings is 1. The molecular formula is C20H17N3O3S. The highest BCUT2D eigenvalue weighted by Gasteiger charge is 2.42. The highest BCUT2D eigenvalue weighted by atomic mass is 32.1. The van der Waals surface area contributed by atoms with Crippen LogP contribution in [0.3, 0.4) is 0 Å². The number of nitrogens with zero attached hydrogens (tertiary/aromatic N) is 2. The molecule has 0 bridgehead atoms. The Morgan fingerprint density at radius 3 is 2.78 bits per heavy atom. The van der Waals surface area contributed by atoms with Crippen molar-refractivity contribution in [3.63, 3.8) is 0 Å². The summed E-state index contributed by atoms with van der Waals surface area (Å²) in [7, 11) is 0. The first kappa shape index (κ1) is 16.1. The molecule has 0 radical (unpaired) electrons. The van der Waals surface area contributed by atoms with Gasteiger partial charge in [0.1, 0.15) is 17.6 Å². The van der Waals surface area contributed by atoms with Crippen molar-refractivity contribution in [2.75, 3.05) is 11.7 Å². The van der Waals surface area contributed by atoms with E-state index in [0.717, 1.165) is 28.7 Å². The Kier molecular flexibility index (Phi) is 3.75. The van der Waals surface area contributed by atoms with Gasteiger partial charge in [-0.1, -0.05) is 6.07 Å². The average molecular weight is 379 g/mol. The molecule has 2 aromatic heterocycles. The minimum atomic E-state index is -0.165. The van der Waals surface area contributed by atoms with Crippen LogP contribution in [0.25, 0.3) is 0 Å². The lowest BCUT2D eigenvalue weighted by Gasteiger charge is -2.26. The van der Waals surface area contributed by atoms with Crippen LogP contribution >= 0.6 is 12.2 Å². The van der Waals surface area contributed by atoms with Gasteiger partial charge in [0.2, 0.25) is 6.79 Å². The summed E-state index contributed by atoms with van der Waals surface area (Å²) in [6, 6.07) is 15.3. The Balaban J connectivity index is 1.61. The van der Waals surface area contributed by atoms with Gasteiger partial charge in [-0.15, -0.1) is 0 Å². The zero-order chi connectivity index (χ0) is 18.4. The summed E-state index contributed by atoms with van der Waals surface area (Å²) in [4.78, 5) is 6.58. The van der Waals surface area contributed by atoms with E-state index in [1.54, 1.807) is 6.20 Å². The maximum absolute atomic E-state index is 5.99. The summed E-state index contributed by atoms with van der Waals surface area (Å²) in [6.07, 6.45) is 1.79. The van der Waals surface area contributed by atoms with Crippen LogP contribution in [0, 0.1) is 6.92 Å². The van der Waals surface area contributed by atoms with Crippen LogP contribution in [0.1, 0.15) is 29.3 Å². The number of fused-ring (bicyclic) bond motifs is 1. The third-order valence-corrected chi connectivity index (χ3v) is 5.10. The number of hydrogen-bond acceptors (Lipinski definition) is 5. The molecule has 1 N–H and O–H groups in total. The lowest BCUT2D eigenvalue weighted by Crippen LogP contribution is -2.29. The third kappa shape index (κ3) is 2.71. The number of thiocarbonyl (C=S) groups is 1. The molecule has 1 saturated heterocycles. The van der Waals surface area contributed by atoms with Crippen LogP contribution in [-0.2, 0) is 0 Å². The minimum Gasteiger partial charge on any atom is -0.464 e. The lowest BCUT2D eigenvalue weighted by molar-refractivity contribution is 0.174. The summed E-state index contributed by atoms with van der Waals surface area (Å²) in [5.41, 5.74) is 1.82. The Morgan fingerprint density at radius 1 is 1.11 bits per heavy atom. The number of rotatable bonds is 3. The molecule has 0 saturated carbocycles. The fraction of sp³-hybridized carbons (Fsp3) is 0.200. The Labute approximate surface area is 161 Å². The molecule has 1 fully saturated rings. The maximum atomic E-state index is 5.99. The molecule has 0 spiro atoms. The van der Waals surface area contributed by atoms with Crippen LogP contribution in [0.2, 0.25) is 0 Å². The van der Waals surface area contributed by atoms with Crippen molar-refractivity contribution in [3.8, 4) is 11.5 Å². The van der Waals surface area contributed by atoms with Crippen molar-refractivity contribution < 1.29 is 13.9 Å². The maximum Gasteiger partial charge on any atom is 0.231 e. The number of pyridine rings is 1.